The minimum atomic E-state index is -3.56. The molecule has 0 aliphatic heterocycles. The summed E-state index contributed by atoms with van der Waals surface area (Å²) >= 11 is 6.01. The van der Waals surface area contributed by atoms with Crippen molar-refractivity contribution in [2.24, 2.45) is 0 Å². The second-order valence-corrected chi connectivity index (χ2v) is 9.11. The van der Waals surface area contributed by atoms with Crippen LogP contribution in [0.2, 0.25) is 5.02 Å². The van der Waals surface area contributed by atoms with Gasteiger partial charge in [-0.15, -0.1) is 0 Å². The summed E-state index contributed by atoms with van der Waals surface area (Å²) in [6.07, 6.45) is 0. The largest absolute Gasteiger partial charge is 0.325 e. The van der Waals surface area contributed by atoms with Gasteiger partial charge in [0.05, 0.1) is 10.9 Å². The van der Waals surface area contributed by atoms with Crippen LogP contribution in [0.5, 0.6) is 0 Å². The molecule has 0 spiro atoms. The van der Waals surface area contributed by atoms with E-state index in [2.05, 4.69) is 15.4 Å². The lowest BCUT2D eigenvalue weighted by molar-refractivity contribution is -0.117. The zero-order valence-electron chi connectivity index (χ0n) is 16.4. The van der Waals surface area contributed by atoms with Gasteiger partial charge >= 0.3 is 0 Å². The highest BCUT2D eigenvalue weighted by Crippen LogP contribution is 2.18. The monoisotopic (exact) mass is 423 g/mol. The Kier molecular flexibility index (Phi) is 7.60. The predicted molar refractivity (Wildman–Crippen MR) is 113 cm³/mol. The van der Waals surface area contributed by atoms with Crippen LogP contribution in [0.1, 0.15) is 39.3 Å². The zero-order chi connectivity index (χ0) is 20.9. The molecule has 0 aliphatic carbocycles. The third kappa shape index (κ3) is 6.31. The third-order valence-corrected chi connectivity index (χ3v) is 5.97. The number of carbonyl (C=O) groups is 1. The van der Waals surface area contributed by atoms with Crippen LogP contribution >= 0.6 is 11.6 Å². The lowest BCUT2D eigenvalue weighted by Crippen LogP contribution is -2.39. The standard InChI is InChI=1S/C20H26ClN3O3S/c1-13(2)24-28(26,27)19-10-8-18(9-11-19)23-20(25)15(4)22-14(3)16-6-5-7-17(21)12-16/h5-15,22,24H,1-4H3,(H,23,25)/t14-,15+/m0/s1. The summed E-state index contributed by atoms with van der Waals surface area (Å²) in [6.45, 7) is 7.23. The number of hydrogen-bond acceptors (Lipinski definition) is 4. The van der Waals surface area contributed by atoms with Gasteiger partial charge < -0.3 is 5.32 Å². The van der Waals surface area contributed by atoms with Crippen LogP contribution < -0.4 is 15.4 Å². The van der Waals surface area contributed by atoms with Gasteiger partial charge in [0.15, 0.2) is 0 Å². The van der Waals surface area contributed by atoms with E-state index in [1.165, 1.54) is 12.1 Å². The number of sulfonamides is 1. The second-order valence-electron chi connectivity index (χ2n) is 6.95. The van der Waals surface area contributed by atoms with Crippen LogP contribution in [0.25, 0.3) is 0 Å². The first-order valence-corrected chi connectivity index (χ1v) is 10.9. The normalized spacial score (nSPS) is 13.9. The lowest BCUT2D eigenvalue weighted by Gasteiger charge is -2.20. The average Bonchev–Trinajstić information content (AvgIpc) is 2.61. The molecule has 0 bridgehead atoms. The molecule has 28 heavy (non-hydrogen) atoms. The van der Waals surface area contributed by atoms with Crippen LogP contribution in [0.15, 0.2) is 53.4 Å². The van der Waals surface area contributed by atoms with E-state index >= 15 is 0 Å². The fourth-order valence-corrected chi connectivity index (χ4v) is 4.12. The Morgan fingerprint density at radius 2 is 1.64 bits per heavy atom. The molecule has 1 amide bonds. The Morgan fingerprint density at radius 3 is 2.21 bits per heavy atom. The van der Waals surface area contributed by atoms with E-state index < -0.39 is 16.1 Å². The molecule has 0 unspecified atom stereocenters. The van der Waals surface area contributed by atoms with E-state index in [0.717, 1.165) is 5.56 Å². The molecule has 0 radical (unpaired) electrons. The quantitative estimate of drug-likeness (QED) is 0.604. The Hall–Kier alpha value is -1.93. The number of hydrogen-bond donors (Lipinski definition) is 3. The van der Waals surface area contributed by atoms with Gasteiger partial charge in [0.1, 0.15) is 0 Å². The highest BCUT2D eigenvalue weighted by atomic mass is 35.5. The maximum Gasteiger partial charge on any atom is 0.241 e. The fraction of sp³-hybridized carbons (Fsp3) is 0.350. The van der Waals surface area contributed by atoms with Crippen LogP contribution in [0, 0.1) is 0 Å². The molecule has 2 atom stereocenters. The average molecular weight is 424 g/mol. The molecule has 2 aromatic carbocycles. The molecular weight excluding hydrogens is 398 g/mol. The van der Waals surface area contributed by atoms with Crippen molar-refractivity contribution >= 4 is 33.2 Å². The Labute approximate surface area is 171 Å². The van der Waals surface area contributed by atoms with Gasteiger partial charge in [0, 0.05) is 22.8 Å². The first-order valence-electron chi connectivity index (χ1n) is 9.03. The molecule has 3 N–H and O–H groups in total. The number of amides is 1. The summed E-state index contributed by atoms with van der Waals surface area (Å²) in [4.78, 5) is 12.6. The molecule has 8 heteroatoms. The Bertz CT molecular complexity index is 915. The zero-order valence-corrected chi connectivity index (χ0v) is 17.9. The molecule has 0 aromatic heterocycles. The van der Waals surface area contributed by atoms with Crippen LogP contribution in [0.4, 0.5) is 5.69 Å². The summed E-state index contributed by atoms with van der Waals surface area (Å²) in [5.74, 6) is -0.218. The van der Waals surface area contributed by atoms with Crippen molar-refractivity contribution in [2.45, 2.75) is 50.7 Å². The van der Waals surface area contributed by atoms with Crippen molar-refractivity contribution in [1.82, 2.24) is 10.0 Å². The summed E-state index contributed by atoms with van der Waals surface area (Å²) in [5.41, 5.74) is 1.51. The van der Waals surface area contributed by atoms with E-state index in [-0.39, 0.29) is 22.9 Å². The molecule has 0 saturated carbocycles. The molecular formula is C20H26ClN3O3S. The number of nitrogens with one attached hydrogen (secondary N) is 3. The smallest absolute Gasteiger partial charge is 0.241 e. The number of carbonyl (C=O) groups excluding carboxylic acids is 1. The summed E-state index contributed by atoms with van der Waals surface area (Å²) < 4.78 is 26.8. The SMILES string of the molecule is CC(C)NS(=O)(=O)c1ccc(NC(=O)[C@@H](C)N[C@@H](C)c2cccc(Cl)c2)cc1. The highest BCUT2D eigenvalue weighted by molar-refractivity contribution is 7.89. The van der Waals surface area contributed by atoms with E-state index in [0.29, 0.717) is 10.7 Å². The molecule has 2 aromatic rings. The molecule has 152 valence electrons. The van der Waals surface area contributed by atoms with E-state index in [9.17, 15) is 13.2 Å². The minimum Gasteiger partial charge on any atom is -0.325 e. The summed E-state index contributed by atoms with van der Waals surface area (Å²) in [7, 11) is -3.56. The van der Waals surface area contributed by atoms with Gasteiger partial charge in [-0.05, 0) is 69.7 Å². The number of anilines is 1. The van der Waals surface area contributed by atoms with Crippen molar-refractivity contribution in [3.05, 3.63) is 59.1 Å². The van der Waals surface area contributed by atoms with Gasteiger partial charge in [-0.1, -0.05) is 23.7 Å². The first-order chi connectivity index (χ1) is 13.1. The van der Waals surface area contributed by atoms with E-state index in [1.54, 1.807) is 39.0 Å². The van der Waals surface area contributed by atoms with Crippen molar-refractivity contribution in [2.75, 3.05) is 5.32 Å². The third-order valence-electron chi connectivity index (χ3n) is 4.06. The van der Waals surface area contributed by atoms with Gasteiger partial charge in [0.25, 0.3) is 0 Å². The van der Waals surface area contributed by atoms with Gasteiger partial charge in [0.2, 0.25) is 15.9 Å². The van der Waals surface area contributed by atoms with Crippen molar-refractivity contribution < 1.29 is 13.2 Å². The maximum absolute atomic E-state index is 12.4. The summed E-state index contributed by atoms with van der Waals surface area (Å²) in [5, 5.41) is 6.65. The second kappa shape index (κ2) is 9.52. The molecule has 0 aliphatic rings. The molecule has 6 nitrogen and oxygen atoms in total. The molecule has 0 fully saturated rings. The molecule has 0 saturated heterocycles. The predicted octanol–water partition coefficient (Wildman–Crippen LogP) is 3.70. The summed E-state index contributed by atoms with van der Waals surface area (Å²) in [6, 6.07) is 12.8. The van der Waals surface area contributed by atoms with Crippen LogP contribution in [0.3, 0.4) is 0 Å². The van der Waals surface area contributed by atoms with Crippen molar-refractivity contribution in [1.29, 1.82) is 0 Å². The van der Waals surface area contributed by atoms with Crippen LogP contribution in [-0.2, 0) is 14.8 Å². The van der Waals surface area contributed by atoms with Crippen LogP contribution in [-0.4, -0.2) is 26.4 Å². The number of rotatable bonds is 8. The minimum absolute atomic E-state index is 0.0610. The van der Waals surface area contributed by atoms with Gasteiger partial charge in [-0.3, -0.25) is 10.1 Å². The number of halogens is 1. The van der Waals surface area contributed by atoms with E-state index in [4.69, 9.17) is 11.6 Å². The van der Waals surface area contributed by atoms with Gasteiger partial charge in [-0.25, -0.2) is 13.1 Å². The highest BCUT2D eigenvalue weighted by Gasteiger charge is 2.18. The maximum atomic E-state index is 12.4. The Balaban J connectivity index is 1.98. The fourth-order valence-electron chi connectivity index (χ4n) is 2.67. The van der Waals surface area contributed by atoms with E-state index in [1.807, 2.05) is 25.1 Å². The lowest BCUT2D eigenvalue weighted by atomic mass is 10.1. The number of benzene rings is 2. The van der Waals surface area contributed by atoms with Crippen molar-refractivity contribution in [3.63, 3.8) is 0 Å². The first kappa shape index (κ1) is 22.4. The Morgan fingerprint density at radius 1 is 1.00 bits per heavy atom. The molecule has 2 rings (SSSR count). The van der Waals surface area contributed by atoms with Gasteiger partial charge in [-0.2, -0.15) is 0 Å². The topological polar surface area (TPSA) is 87.3 Å². The van der Waals surface area contributed by atoms with Crippen molar-refractivity contribution in [3.8, 4) is 0 Å². The molecule has 0 heterocycles.